The Morgan fingerprint density at radius 3 is 2.82 bits per heavy atom. The monoisotopic (exact) mass is 238 g/mol. The van der Waals surface area contributed by atoms with Crippen molar-refractivity contribution in [2.45, 2.75) is 39.8 Å². The Morgan fingerprint density at radius 2 is 2.24 bits per heavy atom. The van der Waals surface area contributed by atoms with Crippen LogP contribution in [0.3, 0.4) is 0 Å². The number of aromatic nitrogens is 2. The third-order valence-electron chi connectivity index (χ3n) is 2.80. The van der Waals surface area contributed by atoms with Gasteiger partial charge in [-0.1, -0.05) is 13.8 Å². The van der Waals surface area contributed by atoms with Crippen LogP contribution in [0.4, 0.5) is 0 Å². The summed E-state index contributed by atoms with van der Waals surface area (Å²) in [6, 6.07) is 0.189. The standard InChI is InChI=1S/C12H22N4O/c1-9(2)10(3)15-12(17)7-16-6-11(4-5-13)14-8-16/h6,8-10H,4-5,7,13H2,1-3H3,(H,15,17). The van der Waals surface area contributed by atoms with E-state index in [0.717, 1.165) is 12.1 Å². The van der Waals surface area contributed by atoms with E-state index < -0.39 is 0 Å². The molecule has 0 fully saturated rings. The molecule has 1 amide bonds. The average molecular weight is 238 g/mol. The summed E-state index contributed by atoms with van der Waals surface area (Å²) < 4.78 is 1.79. The molecule has 96 valence electrons. The molecular formula is C12H22N4O. The van der Waals surface area contributed by atoms with Crippen LogP contribution in [0.25, 0.3) is 0 Å². The third-order valence-corrected chi connectivity index (χ3v) is 2.80. The van der Waals surface area contributed by atoms with Crippen LogP contribution in [0.2, 0.25) is 0 Å². The molecule has 0 aliphatic carbocycles. The van der Waals surface area contributed by atoms with Crippen LogP contribution in [-0.2, 0) is 17.8 Å². The van der Waals surface area contributed by atoms with E-state index in [1.807, 2.05) is 13.1 Å². The molecule has 3 N–H and O–H groups in total. The van der Waals surface area contributed by atoms with Crippen molar-refractivity contribution in [3.8, 4) is 0 Å². The Kier molecular flexibility index (Phi) is 5.15. The van der Waals surface area contributed by atoms with Crippen molar-refractivity contribution >= 4 is 5.91 Å². The zero-order valence-corrected chi connectivity index (χ0v) is 10.8. The summed E-state index contributed by atoms with van der Waals surface area (Å²) in [6.45, 7) is 7.07. The molecule has 1 aromatic rings. The van der Waals surface area contributed by atoms with Gasteiger partial charge in [0.15, 0.2) is 0 Å². The first-order valence-electron chi connectivity index (χ1n) is 6.03. The van der Waals surface area contributed by atoms with Crippen LogP contribution in [-0.4, -0.2) is 28.0 Å². The molecular weight excluding hydrogens is 216 g/mol. The molecule has 0 saturated heterocycles. The molecule has 1 aromatic heterocycles. The Hall–Kier alpha value is -1.36. The van der Waals surface area contributed by atoms with E-state index in [1.54, 1.807) is 10.9 Å². The minimum absolute atomic E-state index is 0.0166. The van der Waals surface area contributed by atoms with Crippen molar-refractivity contribution in [3.05, 3.63) is 18.2 Å². The van der Waals surface area contributed by atoms with Gasteiger partial charge in [0.25, 0.3) is 0 Å². The molecule has 0 aliphatic heterocycles. The van der Waals surface area contributed by atoms with Crippen molar-refractivity contribution in [1.29, 1.82) is 0 Å². The Labute approximate surface area is 102 Å². The van der Waals surface area contributed by atoms with Gasteiger partial charge in [-0.05, 0) is 19.4 Å². The minimum Gasteiger partial charge on any atom is -0.352 e. The van der Waals surface area contributed by atoms with Gasteiger partial charge in [-0.15, -0.1) is 0 Å². The fraction of sp³-hybridized carbons (Fsp3) is 0.667. The first-order chi connectivity index (χ1) is 8.02. The molecule has 17 heavy (non-hydrogen) atoms. The number of carbonyl (C=O) groups excluding carboxylic acids is 1. The van der Waals surface area contributed by atoms with Gasteiger partial charge in [0.05, 0.1) is 12.0 Å². The molecule has 1 heterocycles. The van der Waals surface area contributed by atoms with Crippen LogP contribution in [0.5, 0.6) is 0 Å². The number of nitrogens with one attached hydrogen (secondary N) is 1. The lowest BCUT2D eigenvalue weighted by Crippen LogP contribution is -2.37. The lowest BCUT2D eigenvalue weighted by atomic mass is 10.1. The van der Waals surface area contributed by atoms with Crippen molar-refractivity contribution in [2.24, 2.45) is 11.7 Å². The predicted molar refractivity (Wildman–Crippen MR) is 67.4 cm³/mol. The highest BCUT2D eigenvalue weighted by atomic mass is 16.2. The molecule has 0 bridgehead atoms. The fourth-order valence-electron chi connectivity index (χ4n) is 1.40. The van der Waals surface area contributed by atoms with Crippen LogP contribution in [0.1, 0.15) is 26.5 Å². The molecule has 5 heteroatoms. The second-order valence-corrected chi connectivity index (χ2v) is 4.68. The largest absolute Gasteiger partial charge is 0.352 e. The molecule has 0 aromatic carbocycles. The summed E-state index contributed by atoms with van der Waals surface area (Å²) in [6.07, 6.45) is 4.29. The lowest BCUT2D eigenvalue weighted by molar-refractivity contribution is -0.122. The van der Waals surface area contributed by atoms with Crippen molar-refractivity contribution in [1.82, 2.24) is 14.9 Å². The highest BCUT2D eigenvalue weighted by Gasteiger charge is 2.11. The first-order valence-corrected chi connectivity index (χ1v) is 6.03. The summed E-state index contributed by atoms with van der Waals surface area (Å²) in [7, 11) is 0. The number of amides is 1. The number of hydrogen-bond acceptors (Lipinski definition) is 3. The van der Waals surface area contributed by atoms with E-state index in [0.29, 0.717) is 19.0 Å². The van der Waals surface area contributed by atoms with Gasteiger partial charge in [0.2, 0.25) is 5.91 Å². The third kappa shape index (κ3) is 4.56. The quantitative estimate of drug-likeness (QED) is 0.760. The summed E-state index contributed by atoms with van der Waals surface area (Å²) >= 11 is 0. The van der Waals surface area contributed by atoms with Gasteiger partial charge < -0.3 is 15.6 Å². The maximum absolute atomic E-state index is 11.7. The number of rotatable bonds is 6. The predicted octanol–water partition coefficient (Wildman–Crippen LogP) is 0.545. The van der Waals surface area contributed by atoms with E-state index in [4.69, 9.17) is 5.73 Å². The molecule has 0 aliphatic rings. The second kappa shape index (κ2) is 6.39. The first kappa shape index (κ1) is 13.7. The van der Waals surface area contributed by atoms with Crippen molar-refractivity contribution in [3.63, 3.8) is 0 Å². The Morgan fingerprint density at radius 1 is 1.53 bits per heavy atom. The number of hydrogen-bond donors (Lipinski definition) is 2. The van der Waals surface area contributed by atoms with Gasteiger partial charge in [-0.25, -0.2) is 4.98 Å². The van der Waals surface area contributed by atoms with Crippen LogP contribution < -0.4 is 11.1 Å². The maximum Gasteiger partial charge on any atom is 0.240 e. The van der Waals surface area contributed by atoms with Crippen LogP contribution >= 0.6 is 0 Å². The highest BCUT2D eigenvalue weighted by molar-refractivity contribution is 5.76. The van der Waals surface area contributed by atoms with E-state index in [1.165, 1.54) is 0 Å². The minimum atomic E-state index is 0.0166. The van der Waals surface area contributed by atoms with E-state index in [9.17, 15) is 4.79 Å². The zero-order chi connectivity index (χ0) is 12.8. The molecule has 1 rings (SSSR count). The normalized spacial score (nSPS) is 12.8. The topological polar surface area (TPSA) is 72.9 Å². The molecule has 5 nitrogen and oxygen atoms in total. The number of nitrogens with zero attached hydrogens (tertiary/aromatic N) is 2. The fourth-order valence-corrected chi connectivity index (χ4v) is 1.40. The smallest absolute Gasteiger partial charge is 0.240 e. The van der Waals surface area contributed by atoms with E-state index in [2.05, 4.69) is 24.1 Å². The van der Waals surface area contributed by atoms with Gasteiger partial charge >= 0.3 is 0 Å². The number of imidazole rings is 1. The van der Waals surface area contributed by atoms with Gasteiger partial charge in [-0.2, -0.15) is 0 Å². The molecule has 0 spiro atoms. The van der Waals surface area contributed by atoms with Gasteiger partial charge in [-0.3, -0.25) is 4.79 Å². The molecule has 1 unspecified atom stereocenters. The SMILES string of the molecule is CC(C)C(C)NC(=O)Cn1cnc(CCN)c1. The molecule has 1 atom stereocenters. The lowest BCUT2D eigenvalue weighted by Gasteiger charge is -2.17. The van der Waals surface area contributed by atoms with Crippen LogP contribution in [0.15, 0.2) is 12.5 Å². The maximum atomic E-state index is 11.7. The van der Waals surface area contributed by atoms with Crippen LogP contribution in [0, 0.1) is 5.92 Å². The summed E-state index contributed by atoms with van der Waals surface area (Å²) in [4.78, 5) is 15.9. The second-order valence-electron chi connectivity index (χ2n) is 4.68. The highest BCUT2D eigenvalue weighted by Crippen LogP contribution is 2.01. The molecule has 0 radical (unpaired) electrons. The summed E-state index contributed by atoms with van der Waals surface area (Å²) in [5, 5.41) is 2.96. The Bertz CT molecular complexity index is 359. The summed E-state index contributed by atoms with van der Waals surface area (Å²) in [5.41, 5.74) is 6.37. The zero-order valence-electron chi connectivity index (χ0n) is 10.8. The van der Waals surface area contributed by atoms with Gasteiger partial charge in [0.1, 0.15) is 6.54 Å². The van der Waals surface area contributed by atoms with E-state index >= 15 is 0 Å². The molecule has 0 saturated carbocycles. The van der Waals surface area contributed by atoms with E-state index in [-0.39, 0.29) is 11.9 Å². The van der Waals surface area contributed by atoms with Gasteiger partial charge in [0, 0.05) is 18.7 Å². The number of nitrogens with two attached hydrogens (primary N) is 1. The average Bonchev–Trinajstić information content (AvgIpc) is 2.65. The Balaban J connectivity index is 2.44. The van der Waals surface area contributed by atoms with Crippen molar-refractivity contribution in [2.75, 3.05) is 6.54 Å². The van der Waals surface area contributed by atoms with Crippen molar-refractivity contribution < 1.29 is 4.79 Å². The number of carbonyl (C=O) groups is 1. The summed E-state index contributed by atoms with van der Waals surface area (Å²) in [5.74, 6) is 0.456.